The van der Waals surface area contributed by atoms with E-state index < -0.39 is 6.03 Å². The van der Waals surface area contributed by atoms with E-state index >= 15 is 0 Å². The van der Waals surface area contributed by atoms with Crippen molar-refractivity contribution in [2.24, 2.45) is 0 Å². The summed E-state index contributed by atoms with van der Waals surface area (Å²) in [5.41, 5.74) is 0. The molecule has 6 heteroatoms. The zero-order valence-corrected chi connectivity index (χ0v) is 12.4. The number of carbonyl (C=O) groups excluding carboxylic acids is 2. The van der Waals surface area contributed by atoms with E-state index in [-0.39, 0.29) is 11.9 Å². The Morgan fingerprint density at radius 3 is 2.65 bits per heavy atom. The summed E-state index contributed by atoms with van der Waals surface area (Å²) < 4.78 is 0. The third kappa shape index (κ3) is 4.18. The lowest BCUT2D eigenvalue weighted by molar-refractivity contribution is -0.125. The molecule has 2 unspecified atom stereocenters. The van der Waals surface area contributed by atoms with Gasteiger partial charge in [0, 0.05) is 25.2 Å². The monoisotopic (exact) mass is 282 g/mol. The molecular formula is C14H26N4O2. The Bertz CT molecular complexity index is 351. The number of nitrogens with zero attached hydrogens (tertiary/aromatic N) is 1. The maximum atomic E-state index is 12.1. The van der Waals surface area contributed by atoms with E-state index in [1.807, 2.05) is 13.8 Å². The molecule has 20 heavy (non-hydrogen) atoms. The maximum absolute atomic E-state index is 12.1. The zero-order chi connectivity index (χ0) is 14.5. The third-order valence-corrected chi connectivity index (χ3v) is 4.06. The van der Waals surface area contributed by atoms with Crippen LogP contribution in [0.1, 0.15) is 39.5 Å². The van der Waals surface area contributed by atoms with Crippen LogP contribution in [0.3, 0.4) is 0 Å². The van der Waals surface area contributed by atoms with E-state index in [4.69, 9.17) is 0 Å². The van der Waals surface area contributed by atoms with Crippen molar-refractivity contribution in [3.63, 3.8) is 0 Å². The minimum atomic E-state index is -0.404. The zero-order valence-electron chi connectivity index (χ0n) is 12.4. The number of imide groups is 1. The van der Waals surface area contributed by atoms with Crippen LogP contribution in [0.2, 0.25) is 0 Å². The molecule has 1 aliphatic carbocycles. The molecule has 2 fully saturated rings. The molecule has 0 radical (unpaired) electrons. The smallest absolute Gasteiger partial charge is 0.321 e. The highest BCUT2D eigenvalue weighted by atomic mass is 16.2. The van der Waals surface area contributed by atoms with Crippen molar-refractivity contribution in [2.75, 3.05) is 19.6 Å². The first kappa shape index (κ1) is 15.3. The summed E-state index contributed by atoms with van der Waals surface area (Å²) in [6.45, 7) is 6.21. The molecule has 1 saturated carbocycles. The van der Waals surface area contributed by atoms with Gasteiger partial charge in [-0.05, 0) is 46.1 Å². The molecule has 0 aromatic rings. The van der Waals surface area contributed by atoms with Crippen LogP contribution in [0.25, 0.3) is 0 Å². The highest BCUT2D eigenvalue weighted by molar-refractivity contribution is 5.96. The summed E-state index contributed by atoms with van der Waals surface area (Å²) in [6.07, 6.45) is 4.70. The van der Waals surface area contributed by atoms with Crippen molar-refractivity contribution in [1.82, 2.24) is 20.9 Å². The Labute approximate surface area is 120 Å². The largest absolute Gasteiger partial charge is 0.338 e. The fourth-order valence-electron chi connectivity index (χ4n) is 2.77. The Morgan fingerprint density at radius 2 is 2.10 bits per heavy atom. The number of nitrogens with one attached hydrogen (secondary N) is 3. The van der Waals surface area contributed by atoms with Crippen LogP contribution in [0.15, 0.2) is 0 Å². The van der Waals surface area contributed by atoms with Crippen molar-refractivity contribution in [1.29, 1.82) is 0 Å². The summed E-state index contributed by atoms with van der Waals surface area (Å²) in [6, 6.07) is 0.328. The van der Waals surface area contributed by atoms with Crippen molar-refractivity contribution >= 4 is 11.9 Å². The van der Waals surface area contributed by atoms with Gasteiger partial charge in [0.25, 0.3) is 0 Å². The number of carbonyl (C=O) groups is 2. The lowest BCUT2D eigenvalue weighted by Gasteiger charge is -2.30. The minimum Gasteiger partial charge on any atom is -0.338 e. The Hall–Kier alpha value is -1.14. The average Bonchev–Trinajstić information content (AvgIpc) is 3.12. The van der Waals surface area contributed by atoms with Crippen molar-refractivity contribution in [3.05, 3.63) is 0 Å². The first-order chi connectivity index (χ1) is 9.61. The summed E-state index contributed by atoms with van der Waals surface area (Å²) in [4.78, 5) is 25.8. The Kier molecular flexibility index (Phi) is 5.37. The average molecular weight is 282 g/mol. The highest BCUT2D eigenvalue weighted by Crippen LogP contribution is 2.29. The van der Waals surface area contributed by atoms with Gasteiger partial charge in [0.1, 0.15) is 0 Å². The molecule has 0 spiro atoms. The van der Waals surface area contributed by atoms with Gasteiger partial charge in [-0.15, -0.1) is 0 Å². The molecule has 1 aliphatic heterocycles. The van der Waals surface area contributed by atoms with Gasteiger partial charge in [-0.3, -0.25) is 15.0 Å². The van der Waals surface area contributed by atoms with Crippen LogP contribution in [-0.4, -0.2) is 54.6 Å². The van der Waals surface area contributed by atoms with Crippen LogP contribution < -0.4 is 16.0 Å². The second-order valence-corrected chi connectivity index (χ2v) is 5.75. The second-order valence-electron chi connectivity index (χ2n) is 5.75. The third-order valence-electron chi connectivity index (χ3n) is 4.06. The summed E-state index contributed by atoms with van der Waals surface area (Å²) in [7, 11) is 0. The first-order valence-corrected chi connectivity index (χ1v) is 7.69. The molecule has 2 atom stereocenters. The Balaban J connectivity index is 1.87. The number of rotatable bonds is 6. The van der Waals surface area contributed by atoms with Gasteiger partial charge in [0.15, 0.2) is 0 Å². The van der Waals surface area contributed by atoms with Crippen molar-refractivity contribution < 1.29 is 9.59 Å². The number of urea groups is 1. The predicted molar refractivity (Wildman–Crippen MR) is 77.4 cm³/mol. The van der Waals surface area contributed by atoms with E-state index in [1.54, 1.807) is 0 Å². The van der Waals surface area contributed by atoms with E-state index in [1.165, 1.54) is 12.8 Å². The summed E-state index contributed by atoms with van der Waals surface area (Å²) in [5, 5.41) is 8.48. The van der Waals surface area contributed by atoms with Gasteiger partial charge in [0.05, 0.1) is 6.04 Å². The van der Waals surface area contributed by atoms with Gasteiger partial charge < -0.3 is 10.6 Å². The maximum Gasteiger partial charge on any atom is 0.321 e. The van der Waals surface area contributed by atoms with Crippen LogP contribution in [-0.2, 0) is 4.79 Å². The van der Waals surface area contributed by atoms with Crippen molar-refractivity contribution in [2.45, 2.75) is 57.7 Å². The van der Waals surface area contributed by atoms with Gasteiger partial charge in [-0.25, -0.2) is 4.79 Å². The van der Waals surface area contributed by atoms with E-state index in [9.17, 15) is 9.59 Å². The highest BCUT2D eigenvalue weighted by Gasteiger charge is 2.36. The van der Waals surface area contributed by atoms with E-state index in [0.29, 0.717) is 18.6 Å². The molecule has 2 aliphatic rings. The van der Waals surface area contributed by atoms with Gasteiger partial charge in [0.2, 0.25) is 5.91 Å². The molecular weight excluding hydrogens is 256 g/mol. The fourth-order valence-corrected chi connectivity index (χ4v) is 2.77. The first-order valence-electron chi connectivity index (χ1n) is 7.69. The molecule has 0 aromatic carbocycles. The molecule has 3 N–H and O–H groups in total. The molecule has 0 bridgehead atoms. The molecule has 6 nitrogen and oxygen atoms in total. The minimum absolute atomic E-state index is 0.208. The van der Waals surface area contributed by atoms with E-state index in [2.05, 4.69) is 20.9 Å². The van der Waals surface area contributed by atoms with Crippen molar-refractivity contribution in [3.8, 4) is 0 Å². The lowest BCUT2D eigenvalue weighted by Crippen LogP contribution is -2.52. The predicted octanol–water partition coefficient (Wildman–Crippen LogP) is 0.437. The molecule has 2 rings (SSSR count). The molecule has 1 saturated heterocycles. The fraction of sp³-hybridized carbons (Fsp3) is 0.857. The SMILES string of the molecule is CCNC(=O)NC(=O)C(C)N(CC1CCCN1)C1CC1. The Morgan fingerprint density at radius 1 is 1.35 bits per heavy atom. The van der Waals surface area contributed by atoms with Crippen LogP contribution in [0, 0.1) is 0 Å². The van der Waals surface area contributed by atoms with Gasteiger partial charge in [-0.2, -0.15) is 0 Å². The topological polar surface area (TPSA) is 73.5 Å². The quantitative estimate of drug-likeness (QED) is 0.661. The molecule has 1 heterocycles. The number of hydrogen-bond donors (Lipinski definition) is 3. The lowest BCUT2D eigenvalue weighted by atomic mass is 10.1. The van der Waals surface area contributed by atoms with Gasteiger partial charge in [-0.1, -0.05) is 0 Å². The van der Waals surface area contributed by atoms with E-state index in [0.717, 1.165) is 25.9 Å². The normalized spacial score (nSPS) is 23.6. The van der Waals surface area contributed by atoms with Crippen LogP contribution in [0.4, 0.5) is 4.79 Å². The van der Waals surface area contributed by atoms with Crippen LogP contribution >= 0.6 is 0 Å². The molecule has 3 amide bonds. The van der Waals surface area contributed by atoms with Crippen LogP contribution in [0.5, 0.6) is 0 Å². The standard InChI is InChI=1S/C14H26N4O2/c1-3-15-14(20)17-13(19)10(2)18(12-6-7-12)9-11-5-4-8-16-11/h10-12,16H,3-9H2,1-2H3,(H2,15,17,19,20). The summed E-state index contributed by atoms with van der Waals surface area (Å²) >= 11 is 0. The number of hydrogen-bond acceptors (Lipinski definition) is 4. The number of amides is 3. The molecule has 0 aromatic heterocycles. The van der Waals surface area contributed by atoms with Gasteiger partial charge >= 0.3 is 6.03 Å². The molecule has 114 valence electrons. The summed E-state index contributed by atoms with van der Waals surface area (Å²) in [5.74, 6) is -0.208. The second kappa shape index (κ2) is 7.04.